The van der Waals surface area contributed by atoms with Crippen molar-refractivity contribution in [3.8, 4) is 0 Å². The van der Waals surface area contributed by atoms with E-state index in [0.29, 0.717) is 6.42 Å². The van der Waals surface area contributed by atoms with E-state index in [4.69, 9.17) is 5.11 Å². The predicted octanol–water partition coefficient (Wildman–Crippen LogP) is 0.995. The number of rotatable bonds is 7. The first-order valence-corrected chi connectivity index (χ1v) is 7.98. The third-order valence-corrected chi connectivity index (χ3v) is 4.07. The smallest absolute Gasteiger partial charge is 0.323 e. The van der Waals surface area contributed by atoms with Crippen molar-refractivity contribution in [3.63, 3.8) is 0 Å². The summed E-state index contributed by atoms with van der Waals surface area (Å²) in [5.41, 5.74) is 0.494. The second-order valence-electron chi connectivity index (χ2n) is 4.56. The van der Waals surface area contributed by atoms with Crippen LogP contribution in [0.5, 0.6) is 0 Å². The minimum atomic E-state index is -3.44. The molecule has 116 valence electrons. The lowest BCUT2D eigenvalue weighted by Gasteiger charge is -2.15. The van der Waals surface area contributed by atoms with Gasteiger partial charge in [0.25, 0.3) is 5.91 Å². The molecular weight excluding hydrogens is 296 g/mol. The fourth-order valence-corrected chi connectivity index (χ4v) is 2.84. The van der Waals surface area contributed by atoms with Gasteiger partial charge in [-0.25, -0.2) is 8.42 Å². The van der Waals surface area contributed by atoms with Crippen molar-refractivity contribution in [2.24, 2.45) is 0 Å². The Bertz CT molecular complexity index is 627. The van der Waals surface area contributed by atoms with E-state index >= 15 is 0 Å². The van der Waals surface area contributed by atoms with E-state index in [2.05, 4.69) is 4.72 Å². The highest BCUT2D eigenvalue weighted by Crippen LogP contribution is 2.14. The number of hydrogen-bond acceptors (Lipinski definition) is 4. The average Bonchev–Trinajstić information content (AvgIpc) is 2.36. The van der Waals surface area contributed by atoms with Gasteiger partial charge in [-0.05, 0) is 24.6 Å². The van der Waals surface area contributed by atoms with Crippen molar-refractivity contribution in [1.29, 1.82) is 0 Å². The molecule has 0 aliphatic heterocycles. The zero-order valence-electron chi connectivity index (χ0n) is 11.9. The maximum Gasteiger partial charge on any atom is 0.323 e. The molecule has 0 atom stereocenters. The van der Waals surface area contributed by atoms with Crippen LogP contribution in [0.3, 0.4) is 0 Å². The third-order valence-electron chi connectivity index (χ3n) is 2.57. The molecule has 2 N–H and O–H groups in total. The molecule has 0 aromatic heterocycles. The zero-order chi connectivity index (χ0) is 16.0. The van der Waals surface area contributed by atoms with Gasteiger partial charge in [0.05, 0.1) is 5.75 Å². The van der Waals surface area contributed by atoms with Gasteiger partial charge in [0.1, 0.15) is 6.54 Å². The number of benzene rings is 1. The van der Waals surface area contributed by atoms with Crippen molar-refractivity contribution in [3.05, 3.63) is 29.8 Å². The lowest BCUT2D eigenvalue weighted by atomic mass is 10.2. The van der Waals surface area contributed by atoms with Gasteiger partial charge in [-0.15, -0.1) is 0 Å². The molecule has 7 nitrogen and oxygen atoms in total. The molecule has 1 amide bonds. The summed E-state index contributed by atoms with van der Waals surface area (Å²) in [7, 11) is -2.07. The fraction of sp³-hybridized carbons (Fsp3) is 0.385. The molecule has 21 heavy (non-hydrogen) atoms. The van der Waals surface area contributed by atoms with Crippen LogP contribution >= 0.6 is 0 Å². The van der Waals surface area contributed by atoms with Crippen LogP contribution in [0.25, 0.3) is 0 Å². The van der Waals surface area contributed by atoms with E-state index < -0.39 is 28.4 Å². The van der Waals surface area contributed by atoms with Crippen molar-refractivity contribution < 1.29 is 23.1 Å². The van der Waals surface area contributed by atoms with Crippen LogP contribution in [-0.4, -0.2) is 49.6 Å². The van der Waals surface area contributed by atoms with E-state index in [1.165, 1.54) is 31.3 Å². The number of anilines is 1. The first kappa shape index (κ1) is 17.0. The number of amides is 1. The maximum absolute atomic E-state index is 12.0. The molecule has 0 saturated carbocycles. The molecule has 0 heterocycles. The van der Waals surface area contributed by atoms with E-state index in [0.717, 1.165) is 4.90 Å². The number of carboxylic acids is 1. The Morgan fingerprint density at radius 2 is 2.00 bits per heavy atom. The Balaban J connectivity index is 2.90. The fourth-order valence-electron chi connectivity index (χ4n) is 1.71. The highest BCUT2D eigenvalue weighted by molar-refractivity contribution is 7.92. The summed E-state index contributed by atoms with van der Waals surface area (Å²) in [5.74, 6) is -1.62. The van der Waals surface area contributed by atoms with Crippen LogP contribution in [0.15, 0.2) is 24.3 Å². The normalized spacial score (nSPS) is 11.0. The van der Waals surface area contributed by atoms with Crippen LogP contribution in [0.1, 0.15) is 23.7 Å². The zero-order valence-corrected chi connectivity index (χ0v) is 12.7. The highest BCUT2D eigenvalue weighted by atomic mass is 32.2. The first-order chi connectivity index (χ1) is 9.75. The summed E-state index contributed by atoms with van der Waals surface area (Å²) >= 11 is 0. The summed E-state index contributed by atoms with van der Waals surface area (Å²) < 4.78 is 25.7. The van der Waals surface area contributed by atoms with E-state index in [1.54, 1.807) is 6.92 Å². The van der Waals surface area contributed by atoms with Gasteiger partial charge in [0, 0.05) is 18.3 Å². The van der Waals surface area contributed by atoms with Crippen molar-refractivity contribution >= 4 is 27.6 Å². The Labute approximate surface area is 123 Å². The van der Waals surface area contributed by atoms with E-state index in [9.17, 15) is 18.0 Å². The molecule has 0 saturated heterocycles. The summed E-state index contributed by atoms with van der Waals surface area (Å²) in [4.78, 5) is 23.6. The molecule has 0 spiro atoms. The Morgan fingerprint density at radius 1 is 1.33 bits per heavy atom. The Kier molecular flexibility index (Phi) is 5.71. The number of carbonyl (C=O) groups is 2. The van der Waals surface area contributed by atoms with Crippen molar-refractivity contribution in [1.82, 2.24) is 4.90 Å². The van der Waals surface area contributed by atoms with Crippen molar-refractivity contribution in [2.45, 2.75) is 13.3 Å². The quantitative estimate of drug-likeness (QED) is 0.781. The highest BCUT2D eigenvalue weighted by Gasteiger charge is 2.15. The van der Waals surface area contributed by atoms with Crippen LogP contribution in [-0.2, 0) is 14.8 Å². The number of carboxylic acid groups (broad SMARTS) is 1. The van der Waals surface area contributed by atoms with Gasteiger partial charge in [0.15, 0.2) is 0 Å². The average molecular weight is 314 g/mol. The Morgan fingerprint density at radius 3 is 2.57 bits per heavy atom. The summed E-state index contributed by atoms with van der Waals surface area (Å²) in [6.07, 6.45) is 0.481. The number of sulfonamides is 1. The van der Waals surface area contributed by atoms with Crippen LogP contribution in [0, 0.1) is 0 Å². The largest absolute Gasteiger partial charge is 0.480 e. The first-order valence-electron chi connectivity index (χ1n) is 6.33. The lowest BCUT2D eigenvalue weighted by molar-refractivity contribution is -0.137. The number of nitrogens with one attached hydrogen (secondary N) is 1. The van der Waals surface area contributed by atoms with E-state index in [1.807, 2.05) is 0 Å². The molecule has 0 aliphatic rings. The summed E-state index contributed by atoms with van der Waals surface area (Å²) in [6.45, 7) is 1.32. The number of carbonyl (C=O) groups excluding carboxylic acids is 1. The Hall–Kier alpha value is -2.09. The topological polar surface area (TPSA) is 104 Å². The molecule has 0 aliphatic carbocycles. The molecule has 0 radical (unpaired) electrons. The molecule has 8 heteroatoms. The second kappa shape index (κ2) is 7.07. The van der Waals surface area contributed by atoms with Crippen molar-refractivity contribution in [2.75, 3.05) is 24.1 Å². The van der Waals surface area contributed by atoms with Crippen LogP contribution in [0.4, 0.5) is 5.69 Å². The predicted molar refractivity (Wildman–Crippen MR) is 78.7 cm³/mol. The summed E-state index contributed by atoms with van der Waals surface area (Å²) in [6, 6.07) is 5.94. The number of nitrogens with zero attached hydrogens (tertiary/aromatic N) is 1. The van der Waals surface area contributed by atoms with Gasteiger partial charge in [0.2, 0.25) is 10.0 Å². The SMILES string of the molecule is CCCS(=O)(=O)Nc1cccc(C(=O)N(C)CC(=O)O)c1. The van der Waals surface area contributed by atoms with Gasteiger partial charge in [-0.1, -0.05) is 13.0 Å². The number of aliphatic carboxylic acids is 1. The molecule has 1 aromatic carbocycles. The minimum Gasteiger partial charge on any atom is -0.480 e. The second-order valence-corrected chi connectivity index (χ2v) is 6.40. The molecule has 0 unspecified atom stereocenters. The van der Waals surface area contributed by atoms with Crippen LogP contribution in [0.2, 0.25) is 0 Å². The maximum atomic E-state index is 12.0. The lowest BCUT2D eigenvalue weighted by Crippen LogP contribution is -2.32. The van der Waals surface area contributed by atoms with E-state index in [-0.39, 0.29) is 17.0 Å². The number of hydrogen-bond donors (Lipinski definition) is 2. The van der Waals surface area contributed by atoms with Crippen LogP contribution < -0.4 is 4.72 Å². The number of likely N-dealkylation sites (N-methyl/N-ethyl adjacent to an activating group) is 1. The molecule has 1 aromatic rings. The summed E-state index contributed by atoms with van der Waals surface area (Å²) in [5, 5.41) is 8.66. The third kappa shape index (κ3) is 5.42. The van der Waals surface area contributed by atoms with Gasteiger partial charge < -0.3 is 10.0 Å². The molecule has 0 fully saturated rings. The van der Waals surface area contributed by atoms with Gasteiger partial charge in [-0.2, -0.15) is 0 Å². The monoisotopic (exact) mass is 314 g/mol. The minimum absolute atomic E-state index is 0.00983. The molecule has 1 rings (SSSR count). The van der Waals surface area contributed by atoms with Gasteiger partial charge >= 0.3 is 5.97 Å². The molecule has 0 bridgehead atoms. The van der Waals surface area contributed by atoms with Gasteiger partial charge in [-0.3, -0.25) is 14.3 Å². The standard InChI is InChI=1S/C13H18N2O5S/c1-3-7-21(19,20)14-11-6-4-5-10(8-11)13(18)15(2)9-12(16)17/h4-6,8,14H,3,7,9H2,1-2H3,(H,16,17). The molecular formula is C13H18N2O5S.